The molecule has 220 valence electrons. The maximum absolute atomic E-state index is 10.5. The predicted octanol–water partition coefficient (Wildman–Crippen LogP) is -2.37. The van der Waals surface area contributed by atoms with Gasteiger partial charge in [0.15, 0.2) is 0 Å². The van der Waals surface area contributed by atoms with E-state index in [0.717, 1.165) is 0 Å². The van der Waals surface area contributed by atoms with Crippen molar-refractivity contribution in [1.82, 2.24) is 0 Å². The van der Waals surface area contributed by atoms with Crippen LogP contribution in [-0.4, -0.2) is 126 Å². The molecule has 40 heavy (non-hydrogen) atoms. The van der Waals surface area contributed by atoms with Gasteiger partial charge in [0.25, 0.3) is 0 Å². The molecule has 2 aromatic carbocycles. The van der Waals surface area contributed by atoms with E-state index in [-0.39, 0.29) is 23.0 Å². The van der Waals surface area contributed by atoms with Crippen molar-refractivity contribution in [3.8, 4) is 23.0 Å². The third kappa shape index (κ3) is 6.47. The molecular weight excluding hydrogens is 536 g/mol. The Balaban J connectivity index is 1.45. The van der Waals surface area contributed by atoms with E-state index in [0.29, 0.717) is 11.1 Å². The molecule has 0 spiro atoms. The smallest absolute Gasteiger partial charge is 0.229 e. The van der Waals surface area contributed by atoms with Crippen LogP contribution in [0.4, 0.5) is 0 Å². The van der Waals surface area contributed by atoms with Gasteiger partial charge in [-0.2, -0.15) is 0 Å². The lowest BCUT2D eigenvalue weighted by molar-refractivity contribution is -0.277. The van der Waals surface area contributed by atoms with E-state index >= 15 is 0 Å². The summed E-state index contributed by atoms with van der Waals surface area (Å²) in [5.74, 6) is -0.353. The van der Waals surface area contributed by atoms with Crippen LogP contribution in [0.3, 0.4) is 0 Å². The molecule has 0 bridgehead atoms. The summed E-state index contributed by atoms with van der Waals surface area (Å²) >= 11 is 0. The summed E-state index contributed by atoms with van der Waals surface area (Å²) in [5, 5.41) is 99.2. The molecule has 2 aromatic rings. The molecule has 2 heterocycles. The molecule has 2 fully saturated rings. The van der Waals surface area contributed by atoms with Gasteiger partial charge in [0, 0.05) is 17.7 Å². The first-order valence-corrected chi connectivity index (χ1v) is 12.3. The topological polar surface area (TPSA) is 239 Å². The van der Waals surface area contributed by atoms with E-state index in [4.69, 9.17) is 18.9 Å². The van der Waals surface area contributed by atoms with Crippen molar-refractivity contribution in [2.75, 3.05) is 13.2 Å². The van der Waals surface area contributed by atoms with Gasteiger partial charge in [0.1, 0.15) is 71.8 Å². The highest BCUT2D eigenvalue weighted by molar-refractivity contribution is 5.74. The first-order chi connectivity index (χ1) is 19.0. The summed E-state index contributed by atoms with van der Waals surface area (Å²) in [7, 11) is 0. The molecule has 0 aliphatic carbocycles. The number of hydrogen-bond acceptors (Lipinski definition) is 14. The lowest BCUT2D eigenvalue weighted by atomic mass is 9.99. The zero-order chi connectivity index (χ0) is 29.1. The standard InChI is InChI=1S/C26H32O14/c27-9-17-19(31)21(33)23(35)25(39-17)37-14-4-3-12(16(30)8-14)2-1-11-5-13(29)7-15(6-11)38-26-24(36)22(34)20(32)18(10-28)40-26/h1-8,17-36H,9-10H2/t17-,18-,19+,20+,21+,22+,23+,24+,25-,26+/m0/s1. The van der Waals surface area contributed by atoms with E-state index < -0.39 is 74.6 Å². The number of benzene rings is 2. The Morgan fingerprint density at radius 1 is 0.625 bits per heavy atom. The van der Waals surface area contributed by atoms with Crippen LogP contribution in [0.2, 0.25) is 0 Å². The van der Waals surface area contributed by atoms with Gasteiger partial charge in [-0.25, -0.2) is 0 Å². The lowest BCUT2D eigenvalue weighted by Crippen LogP contribution is -2.60. The van der Waals surface area contributed by atoms with Crippen molar-refractivity contribution in [2.45, 2.75) is 61.4 Å². The second-order valence-corrected chi connectivity index (χ2v) is 9.44. The minimum atomic E-state index is -1.64. The zero-order valence-electron chi connectivity index (χ0n) is 20.9. The number of hydrogen-bond donors (Lipinski definition) is 10. The lowest BCUT2D eigenvalue weighted by Gasteiger charge is -2.39. The van der Waals surface area contributed by atoms with Crippen molar-refractivity contribution in [1.29, 1.82) is 0 Å². The Morgan fingerprint density at radius 2 is 1.18 bits per heavy atom. The van der Waals surface area contributed by atoms with E-state index in [9.17, 15) is 51.1 Å². The number of rotatable bonds is 8. The van der Waals surface area contributed by atoms with Crippen LogP contribution in [-0.2, 0) is 9.47 Å². The van der Waals surface area contributed by atoms with E-state index in [1.54, 1.807) is 0 Å². The second-order valence-electron chi connectivity index (χ2n) is 9.44. The maximum Gasteiger partial charge on any atom is 0.229 e. The van der Waals surface area contributed by atoms with Crippen LogP contribution in [0.25, 0.3) is 12.2 Å². The quantitative estimate of drug-likeness (QED) is 0.150. The first kappa shape index (κ1) is 30.0. The molecule has 4 rings (SSSR count). The van der Waals surface area contributed by atoms with E-state index in [1.165, 1.54) is 48.6 Å². The molecule has 0 amide bonds. The number of aliphatic hydroxyl groups is 8. The Hall–Kier alpha value is -3.02. The fourth-order valence-corrected chi connectivity index (χ4v) is 4.29. The monoisotopic (exact) mass is 568 g/mol. The second kappa shape index (κ2) is 12.7. The first-order valence-electron chi connectivity index (χ1n) is 12.3. The predicted molar refractivity (Wildman–Crippen MR) is 134 cm³/mol. The van der Waals surface area contributed by atoms with Gasteiger partial charge in [0.2, 0.25) is 12.6 Å². The third-order valence-corrected chi connectivity index (χ3v) is 6.57. The minimum Gasteiger partial charge on any atom is -0.508 e. The highest BCUT2D eigenvalue weighted by Gasteiger charge is 2.45. The summed E-state index contributed by atoms with van der Waals surface area (Å²) < 4.78 is 21.6. The van der Waals surface area contributed by atoms with E-state index in [1.807, 2.05) is 0 Å². The van der Waals surface area contributed by atoms with Gasteiger partial charge in [-0.1, -0.05) is 12.2 Å². The molecule has 0 aromatic heterocycles. The summed E-state index contributed by atoms with van der Waals surface area (Å²) in [6.45, 7) is -1.25. The van der Waals surface area contributed by atoms with Crippen LogP contribution in [0.5, 0.6) is 23.0 Å². The van der Waals surface area contributed by atoms with Crippen molar-refractivity contribution in [2.24, 2.45) is 0 Å². The molecule has 0 radical (unpaired) electrons. The largest absolute Gasteiger partial charge is 0.508 e. The average Bonchev–Trinajstić information content (AvgIpc) is 2.93. The highest BCUT2D eigenvalue weighted by atomic mass is 16.7. The molecule has 10 atom stereocenters. The number of aromatic hydroxyl groups is 2. The number of ether oxygens (including phenoxy) is 4. The maximum atomic E-state index is 10.5. The van der Waals surface area contributed by atoms with Gasteiger partial charge in [-0.05, 0) is 29.8 Å². The molecule has 2 aliphatic heterocycles. The third-order valence-electron chi connectivity index (χ3n) is 6.57. The van der Waals surface area contributed by atoms with E-state index in [2.05, 4.69) is 0 Å². The number of phenols is 2. The summed E-state index contributed by atoms with van der Waals surface area (Å²) in [6.07, 6.45) is -11.8. The fraction of sp³-hybridized carbons (Fsp3) is 0.462. The van der Waals surface area contributed by atoms with Crippen LogP contribution in [0, 0.1) is 0 Å². The van der Waals surface area contributed by atoms with Gasteiger partial charge < -0.3 is 70.0 Å². The molecule has 0 saturated carbocycles. The Labute approximate surface area is 227 Å². The Kier molecular flexibility index (Phi) is 9.48. The summed E-state index contributed by atoms with van der Waals surface area (Å²) in [4.78, 5) is 0. The molecule has 2 saturated heterocycles. The normalized spacial score (nSPS) is 34.6. The minimum absolute atomic E-state index is 0.0384. The number of aliphatic hydroxyl groups excluding tert-OH is 8. The van der Waals surface area contributed by atoms with Crippen molar-refractivity contribution in [3.63, 3.8) is 0 Å². The molecule has 14 nitrogen and oxygen atoms in total. The van der Waals surface area contributed by atoms with Crippen molar-refractivity contribution >= 4 is 12.2 Å². The van der Waals surface area contributed by atoms with Gasteiger partial charge >= 0.3 is 0 Å². The molecular formula is C26H32O14. The molecule has 2 aliphatic rings. The van der Waals surface area contributed by atoms with Crippen molar-refractivity contribution in [3.05, 3.63) is 47.5 Å². The van der Waals surface area contributed by atoms with Gasteiger partial charge in [-0.3, -0.25) is 0 Å². The van der Waals surface area contributed by atoms with Crippen LogP contribution >= 0.6 is 0 Å². The van der Waals surface area contributed by atoms with Crippen LogP contribution in [0.15, 0.2) is 36.4 Å². The summed E-state index contributed by atoms with van der Waals surface area (Å²) in [6, 6.07) is 8.20. The summed E-state index contributed by atoms with van der Waals surface area (Å²) in [5.41, 5.74) is 0.724. The highest BCUT2D eigenvalue weighted by Crippen LogP contribution is 2.31. The number of phenolic OH excluding ortho intramolecular Hbond substituents is 2. The average molecular weight is 569 g/mol. The van der Waals surface area contributed by atoms with Gasteiger partial charge in [-0.15, -0.1) is 0 Å². The van der Waals surface area contributed by atoms with Gasteiger partial charge in [0.05, 0.1) is 13.2 Å². The van der Waals surface area contributed by atoms with Crippen LogP contribution in [0.1, 0.15) is 11.1 Å². The molecule has 10 N–H and O–H groups in total. The Bertz CT molecular complexity index is 1170. The van der Waals surface area contributed by atoms with Crippen LogP contribution < -0.4 is 9.47 Å². The van der Waals surface area contributed by atoms with Crippen molar-refractivity contribution < 1.29 is 70.0 Å². The zero-order valence-corrected chi connectivity index (χ0v) is 20.9. The Morgan fingerprint density at radius 3 is 1.70 bits per heavy atom. The SMILES string of the molecule is OC[C@@H]1O[C@@H](Oc2cc(O)cc(C=Cc3ccc(O[C@H]4O[C@@H](CO)[C@@H](O)[C@@H](O)[C@H]4O)cc3O)c2)[C@H](O)[C@H](O)[C@@H]1O. The molecule has 14 heteroatoms. The molecule has 0 unspecified atom stereocenters. The fourth-order valence-electron chi connectivity index (χ4n) is 4.29.